The third-order valence-corrected chi connectivity index (χ3v) is 5.24. The maximum absolute atomic E-state index is 12.2. The molecule has 1 atom stereocenters. The van der Waals surface area contributed by atoms with Crippen LogP contribution in [0.1, 0.15) is 25.7 Å². The second-order valence-corrected chi connectivity index (χ2v) is 6.65. The van der Waals surface area contributed by atoms with Gasteiger partial charge in [0.2, 0.25) is 11.7 Å². The van der Waals surface area contributed by atoms with Gasteiger partial charge in [-0.05, 0) is 12.8 Å². The summed E-state index contributed by atoms with van der Waals surface area (Å²) < 4.78 is 26.3. The summed E-state index contributed by atoms with van der Waals surface area (Å²) in [7, 11) is -0.310. The zero-order chi connectivity index (χ0) is 14.5. The maximum atomic E-state index is 12.2. The number of nitrogens with one attached hydrogen (secondary N) is 1. The fourth-order valence-electron chi connectivity index (χ4n) is 2.10. The smallest absolute Gasteiger partial charge is 0.363 e. The van der Waals surface area contributed by atoms with Crippen LogP contribution in [0.15, 0.2) is 0 Å². The number of carbonyl (C=O) groups excluding carboxylic acids is 2. The number of methoxy groups -OCH3 is 1. The normalized spacial score (nSPS) is 18.1. The Hall–Kier alpha value is -0.910. The van der Waals surface area contributed by atoms with Crippen molar-refractivity contribution in [2.24, 2.45) is 5.92 Å². The fourth-order valence-corrected chi connectivity index (χ4v) is 3.32. The molecular formula is C11H20NO6P. The minimum atomic E-state index is -3.76. The Kier molecular flexibility index (Phi) is 5.97. The molecule has 0 heterocycles. The number of ether oxygens (including phenoxy) is 1. The van der Waals surface area contributed by atoms with Gasteiger partial charge in [-0.15, -0.1) is 0 Å². The van der Waals surface area contributed by atoms with Crippen molar-refractivity contribution in [1.29, 1.82) is 0 Å². The van der Waals surface area contributed by atoms with Crippen molar-refractivity contribution in [3.63, 3.8) is 0 Å². The first-order valence-corrected chi connectivity index (χ1v) is 7.69. The van der Waals surface area contributed by atoms with Crippen LogP contribution in [0.3, 0.4) is 0 Å². The predicted molar refractivity (Wildman–Crippen MR) is 67.5 cm³/mol. The van der Waals surface area contributed by atoms with Gasteiger partial charge in [0.1, 0.15) is 0 Å². The monoisotopic (exact) mass is 293 g/mol. The summed E-state index contributed by atoms with van der Waals surface area (Å²) in [6.45, 7) is 0. The Morgan fingerprint density at radius 2 is 1.68 bits per heavy atom. The highest BCUT2D eigenvalue weighted by Gasteiger charge is 2.43. The summed E-state index contributed by atoms with van der Waals surface area (Å²) >= 11 is 0. The zero-order valence-corrected chi connectivity index (χ0v) is 12.3. The molecule has 1 aliphatic carbocycles. The molecule has 0 spiro atoms. The lowest BCUT2D eigenvalue weighted by Crippen LogP contribution is -2.44. The van der Waals surface area contributed by atoms with E-state index in [2.05, 4.69) is 10.1 Å². The van der Waals surface area contributed by atoms with Gasteiger partial charge < -0.3 is 19.1 Å². The molecule has 0 aromatic heterocycles. The highest BCUT2D eigenvalue weighted by molar-refractivity contribution is 7.55. The van der Waals surface area contributed by atoms with E-state index in [9.17, 15) is 14.2 Å². The van der Waals surface area contributed by atoms with Crippen LogP contribution in [0, 0.1) is 5.92 Å². The van der Waals surface area contributed by atoms with Gasteiger partial charge >= 0.3 is 13.6 Å². The molecule has 1 amide bonds. The zero-order valence-electron chi connectivity index (χ0n) is 11.4. The highest BCUT2D eigenvalue weighted by atomic mass is 31.2. The van der Waals surface area contributed by atoms with Crippen molar-refractivity contribution in [3.05, 3.63) is 0 Å². The topological polar surface area (TPSA) is 90.9 Å². The van der Waals surface area contributed by atoms with E-state index in [1.54, 1.807) is 0 Å². The third kappa shape index (κ3) is 3.78. The van der Waals surface area contributed by atoms with Gasteiger partial charge in [0.05, 0.1) is 7.11 Å². The molecule has 1 unspecified atom stereocenters. The Morgan fingerprint density at radius 1 is 1.16 bits per heavy atom. The molecule has 0 saturated heterocycles. The summed E-state index contributed by atoms with van der Waals surface area (Å²) in [5.41, 5.74) is 0. The Labute approximate surface area is 112 Å². The molecule has 0 aliphatic heterocycles. The quantitative estimate of drug-likeness (QED) is 0.586. The number of amides is 1. The van der Waals surface area contributed by atoms with Gasteiger partial charge in [-0.1, -0.05) is 12.8 Å². The molecule has 8 heteroatoms. The van der Waals surface area contributed by atoms with E-state index in [-0.39, 0.29) is 11.8 Å². The van der Waals surface area contributed by atoms with E-state index in [1.165, 1.54) is 0 Å². The number of carbonyl (C=O) groups is 2. The van der Waals surface area contributed by atoms with Crippen LogP contribution in [-0.2, 0) is 27.9 Å². The van der Waals surface area contributed by atoms with Crippen LogP contribution in [0.5, 0.6) is 0 Å². The second kappa shape index (κ2) is 7.03. The molecule has 0 aromatic rings. The number of hydrogen-bond acceptors (Lipinski definition) is 6. The lowest BCUT2D eigenvalue weighted by molar-refractivity contribution is -0.143. The van der Waals surface area contributed by atoms with Crippen molar-refractivity contribution < 1.29 is 27.9 Å². The average molecular weight is 293 g/mol. The first-order chi connectivity index (χ1) is 8.98. The maximum Gasteiger partial charge on any atom is 0.363 e. The Morgan fingerprint density at radius 3 is 2.11 bits per heavy atom. The molecule has 1 aliphatic rings. The van der Waals surface area contributed by atoms with Crippen molar-refractivity contribution in [2.75, 3.05) is 21.3 Å². The molecule has 7 nitrogen and oxygen atoms in total. The van der Waals surface area contributed by atoms with Crippen molar-refractivity contribution in [2.45, 2.75) is 31.5 Å². The molecule has 1 saturated carbocycles. The van der Waals surface area contributed by atoms with Crippen LogP contribution < -0.4 is 5.32 Å². The average Bonchev–Trinajstić information content (AvgIpc) is 2.97. The van der Waals surface area contributed by atoms with Gasteiger partial charge in [0.25, 0.3) is 0 Å². The molecular weight excluding hydrogens is 273 g/mol. The SMILES string of the molecule is COC(=O)C(NC(=O)C1CCCC1)P(=O)(OC)OC. The fraction of sp³-hybridized carbons (Fsp3) is 0.818. The Bertz CT molecular complexity index is 371. The number of esters is 1. The van der Waals surface area contributed by atoms with Crippen LogP contribution in [-0.4, -0.2) is 39.0 Å². The van der Waals surface area contributed by atoms with E-state index in [0.717, 1.165) is 47.0 Å². The second-order valence-electron chi connectivity index (χ2n) is 4.32. The molecule has 1 fully saturated rings. The molecule has 19 heavy (non-hydrogen) atoms. The van der Waals surface area contributed by atoms with E-state index in [0.29, 0.717) is 0 Å². The van der Waals surface area contributed by atoms with Crippen LogP contribution >= 0.6 is 7.60 Å². The van der Waals surface area contributed by atoms with Gasteiger partial charge in [0, 0.05) is 20.1 Å². The van der Waals surface area contributed by atoms with Crippen LogP contribution in [0.4, 0.5) is 0 Å². The summed E-state index contributed by atoms with van der Waals surface area (Å²) in [6, 6.07) is 0. The van der Waals surface area contributed by atoms with Gasteiger partial charge in [-0.3, -0.25) is 9.36 Å². The molecule has 0 bridgehead atoms. The molecule has 0 aromatic carbocycles. The predicted octanol–water partition coefficient (Wildman–Crippen LogP) is 1.28. The summed E-state index contributed by atoms with van der Waals surface area (Å²) in [6.07, 6.45) is 3.49. The molecule has 110 valence electrons. The largest absolute Gasteiger partial charge is 0.467 e. The summed E-state index contributed by atoms with van der Waals surface area (Å²) in [4.78, 5) is 23.7. The third-order valence-electron chi connectivity index (χ3n) is 3.25. The van der Waals surface area contributed by atoms with E-state index in [1.807, 2.05) is 0 Å². The van der Waals surface area contributed by atoms with Crippen molar-refractivity contribution in [1.82, 2.24) is 5.32 Å². The van der Waals surface area contributed by atoms with Crippen LogP contribution in [0.25, 0.3) is 0 Å². The van der Waals surface area contributed by atoms with Gasteiger partial charge in [-0.2, -0.15) is 0 Å². The van der Waals surface area contributed by atoms with Crippen LogP contribution in [0.2, 0.25) is 0 Å². The highest BCUT2D eigenvalue weighted by Crippen LogP contribution is 2.51. The summed E-state index contributed by atoms with van der Waals surface area (Å²) in [5, 5.41) is 2.43. The lowest BCUT2D eigenvalue weighted by Gasteiger charge is -2.24. The molecule has 1 N–H and O–H groups in total. The van der Waals surface area contributed by atoms with E-state index < -0.39 is 19.3 Å². The van der Waals surface area contributed by atoms with E-state index in [4.69, 9.17) is 9.05 Å². The standard InChI is InChI=1S/C11H20NO6P/c1-16-11(14)10(19(15,17-2)18-3)12-9(13)8-6-4-5-7-8/h8,10H,4-7H2,1-3H3,(H,12,13). The minimum Gasteiger partial charge on any atom is -0.467 e. The van der Waals surface area contributed by atoms with Gasteiger partial charge in [0.15, 0.2) is 0 Å². The first kappa shape index (κ1) is 16.1. The molecule has 0 radical (unpaired) electrons. The number of hydrogen-bond donors (Lipinski definition) is 1. The number of rotatable bonds is 6. The van der Waals surface area contributed by atoms with Crippen molar-refractivity contribution in [3.8, 4) is 0 Å². The lowest BCUT2D eigenvalue weighted by atomic mass is 10.1. The Balaban J connectivity index is 2.83. The molecule has 1 rings (SSSR count). The van der Waals surface area contributed by atoms with Crippen molar-refractivity contribution >= 4 is 19.5 Å². The minimum absolute atomic E-state index is 0.158. The van der Waals surface area contributed by atoms with Gasteiger partial charge in [-0.25, -0.2) is 4.79 Å². The van der Waals surface area contributed by atoms with E-state index >= 15 is 0 Å². The summed E-state index contributed by atoms with van der Waals surface area (Å²) in [5.74, 6) is -2.75. The first-order valence-electron chi connectivity index (χ1n) is 6.08.